The largest absolute Gasteiger partial charge is 0.484 e. The Bertz CT molecular complexity index is 968. The van der Waals surface area contributed by atoms with E-state index in [1.54, 1.807) is 6.20 Å². The molecule has 0 bridgehead atoms. The van der Waals surface area contributed by atoms with Gasteiger partial charge in [0.1, 0.15) is 11.6 Å². The molecule has 0 saturated carbocycles. The number of rotatable bonds is 5. The first-order chi connectivity index (χ1) is 13.6. The number of para-hydroxylation sites is 1. The molecule has 1 amide bonds. The molecule has 1 aliphatic rings. The van der Waals surface area contributed by atoms with Crippen molar-refractivity contribution in [3.63, 3.8) is 0 Å². The molecule has 3 aromatic rings. The Morgan fingerprint density at radius 2 is 1.93 bits per heavy atom. The Morgan fingerprint density at radius 1 is 1.14 bits per heavy atom. The van der Waals surface area contributed by atoms with Crippen LogP contribution >= 0.6 is 0 Å². The van der Waals surface area contributed by atoms with E-state index < -0.39 is 0 Å². The third kappa shape index (κ3) is 3.83. The molecule has 1 atom stereocenters. The number of pyridine rings is 1. The number of aryl methyl sites for hydroxylation is 1. The Morgan fingerprint density at radius 3 is 2.68 bits per heavy atom. The fraction of sp³-hybridized carbons (Fsp3) is 0.217. The highest BCUT2D eigenvalue weighted by Crippen LogP contribution is 2.37. The molecule has 2 aromatic carbocycles. The van der Waals surface area contributed by atoms with Crippen LogP contribution in [0.1, 0.15) is 18.1 Å². The molecule has 0 saturated heterocycles. The van der Waals surface area contributed by atoms with Gasteiger partial charge in [0.05, 0.1) is 11.9 Å². The lowest BCUT2D eigenvalue weighted by atomic mass is 10.1. The first-order valence-electron chi connectivity index (χ1n) is 9.42. The second-order valence-corrected chi connectivity index (χ2v) is 7.11. The van der Waals surface area contributed by atoms with Gasteiger partial charge in [-0.2, -0.15) is 0 Å². The van der Waals surface area contributed by atoms with Gasteiger partial charge in [0.25, 0.3) is 5.91 Å². The van der Waals surface area contributed by atoms with E-state index >= 15 is 0 Å². The quantitative estimate of drug-likeness (QED) is 0.716. The van der Waals surface area contributed by atoms with Gasteiger partial charge in [0.2, 0.25) is 0 Å². The SMILES string of the molecule is Cc1ccc(OCC(=O)Nc2ccc(N3c4ccccc4CC3C)nc2)cc1. The first-order valence-corrected chi connectivity index (χ1v) is 9.42. The smallest absolute Gasteiger partial charge is 0.262 e. The molecule has 1 N–H and O–H groups in total. The van der Waals surface area contributed by atoms with Gasteiger partial charge in [-0.25, -0.2) is 4.98 Å². The summed E-state index contributed by atoms with van der Waals surface area (Å²) < 4.78 is 5.51. The number of amides is 1. The van der Waals surface area contributed by atoms with E-state index in [2.05, 4.69) is 40.3 Å². The van der Waals surface area contributed by atoms with Gasteiger partial charge in [0, 0.05) is 11.7 Å². The number of carbonyl (C=O) groups excluding carboxylic acids is 1. The normalized spacial score (nSPS) is 15.2. The third-order valence-corrected chi connectivity index (χ3v) is 4.88. The van der Waals surface area contributed by atoms with Gasteiger partial charge < -0.3 is 15.0 Å². The summed E-state index contributed by atoms with van der Waals surface area (Å²) in [4.78, 5) is 18.9. The summed E-state index contributed by atoms with van der Waals surface area (Å²) in [6.45, 7) is 4.16. The van der Waals surface area contributed by atoms with Crippen LogP contribution in [-0.2, 0) is 11.2 Å². The highest BCUT2D eigenvalue weighted by Gasteiger charge is 2.27. The number of nitrogens with zero attached hydrogens (tertiary/aromatic N) is 2. The highest BCUT2D eigenvalue weighted by atomic mass is 16.5. The van der Waals surface area contributed by atoms with Crippen LogP contribution in [0.15, 0.2) is 66.9 Å². The van der Waals surface area contributed by atoms with E-state index in [9.17, 15) is 4.79 Å². The summed E-state index contributed by atoms with van der Waals surface area (Å²) >= 11 is 0. The number of aromatic nitrogens is 1. The van der Waals surface area contributed by atoms with Crippen molar-refractivity contribution in [3.05, 3.63) is 78.0 Å². The Balaban J connectivity index is 1.38. The van der Waals surface area contributed by atoms with Crippen molar-refractivity contribution in [3.8, 4) is 5.75 Å². The van der Waals surface area contributed by atoms with Gasteiger partial charge in [-0.05, 0) is 56.2 Å². The molecule has 0 radical (unpaired) electrons. The predicted octanol–water partition coefficient (Wildman–Crippen LogP) is 4.49. The zero-order valence-electron chi connectivity index (χ0n) is 16.1. The predicted molar refractivity (Wildman–Crippen MR) is 111 cm³/mol. The van der Waals surface area contributed by atoms with E-state index in [-0.39, 0.29) is 12.5 Å². The fourth-order valence-corrected chi connectivity index (χ4v) is 3.50. The molecule has 2 heterocycles. The number of nitrogens with one attached hydrogen (secondary N) is 1. The van der Waals surface area contributed by atoms with Crippen molar-refractivity contribution in [1.82, 2.24) is 4.98 Å². The molecule has 1 aromatic heterocycles. The summed E-state index contributed by atoms with van der Waals surface area (Å²) in [7, 11) is 0. The summed E-state index contributed by atoms with van der Waals surface area (Å²) in [6.07, 6.45) is 2.69. The maximum Gasteiger partial charge on any atom is 0.262 e. The minimum Gasteiger partial charge on any atom is -0.484 e. The van der Waals surface area contributed by atoms with Gasteiger partial charge >= 0.3 is 0 Å². The summed E-state index contributed by atoms with van der Waals surface area (Å²) in [6, 6.07) is 20.2. The van der Waals surface area contributed by atoms with Gasteiger partial charge in [0.15, 0.2) is 6.61 Å². The van der Waals surface area contributed by atoms with E-state index in [0.29, 0.717) is 17.5 Å². The second kappa shape index (κ2) is 7.72. The Labute approximate surface area is 165 Å². The molecule has 5 nitrogen and oxygen atoms in total. The van der Waals surface area contributed by atoms with E-state index in [1.807, 2.05) is 49.4 Å². The number of anilines is 3. The van der Waals surface area contributed by atoms with Crippen LogP contribution in [0.5, 0.6) is 5.75 Å². The third-order valence-electron chi connectivity index (χ3n) is 4.88. The zero-order valence-corrected chi connectivity index (χ0v) is 16.1. The molecule has 1 aliphatic heterocycles. The summed E-state index contributed by atoms with van der Waals surface area (Å²) in [5.74, 6) is 1.34. The monoisotopic (exact) mass is 373 g/mol. The van der Waals surface area contributed by atoms with Crippen molar-refractivity contribution in [1.29, 1.82) is 0 Å². The number of hydrogen-bond acceptors (Lipinski definition) is 4. The maximum atomic E-state index is 12.1. The number of ether oxygens (including phenoxy) is 1. The van der Waals surface area contributed by atoms with Crippen LogP contribution in [0.2, 0.25) is 0 Å². The minimum atomic E-state index is -0.213. The van der Waals surface area contributed by atoms with Crippen LogP contribution in [0.3, 0.4) is 0 Å². The van der Waals surface area contributed by atoms with Gasteiger partial charge in [-0.3, -0.25) is 4.79 Å². The maximum absolute atomic E-state index is 12.1. The molecule has 28 heavy (non-hydrogen) atoms. The van der Waals surface area contributed by atoms with Crippen molar-refractivity contribution in [2.75, 3.05) is 16.8 Å². The van der Waals surface area contributed by atoms with Crippen LogP contribution < -0.4 is 15.0 Å². The number of benzene rings is 2. The number of hydrogen-bond donors (Lipinski definition) is 1. The highest BCUT2D eigenvalue weighted by molar-refractivity contribution is 5.91. The molecule has 5 heteroatoms. The summed E-state index contributed by atoms with van der Waals surface area (Å²) in [5, 5.41) is 2.83. The van der Waals surface area contributed by atoms with Crippen molar-refractivity contribution < 1.29 is 9.53 Å². The van der Waals surface area contributed by atoms with Crippen LogP contribution in [0.4, 0.5) is 17.2 Å². The molecule has 0 fully saturated rings. The van der Waals surface area contributed by atoms with E-state index in [1.165, 1.54) is 11.3 Å². The topological polar surface area (TPSA) is 54.5 Å². The second-order valence-electron chi connectivity index (χ2n) is 7.11. The molecular weight excluding hydrogens is 350 g/mol. The molecule has 142 valence electrons. The van der Waals surface area contributed by atoms with Gasteiger partial charge in [-0.15, -0.1) is 0 Å². The van der Waals surface area contributed by atoms with Crippen molar-refractivity contribution >= 4 is 23.1 Å². The fourth-order valence-electron chi connectivity index (χ4n) is 3.50. The molecule has 1 unspecified atom stereocenters. The molecule has 0 aliphatic carbocycles. The zero-order chi connectivity index (χ0) is 19.5. The standard InChI is InChI=1S/C23H23N3O2/c1-16-7-10-20(11-8-16)28-15-23(27)25-19-9-12-22(24-14-19)26-17(2)13-18-5-3-4-6-21(18)26/h3-12,14,17H,13,15H2,1-2H3,(H,25,27). The average molecular weight is 373 g/mol. The minimum absolute atomic E-state index is 0.0403. The van der Waals surface area contributed by atoms with Crippen molar-refractivity contribution in [2.24, 2.45) is 0 Å². The Kier molecular flexibility index (Phi) is 4.98. The van der Waals surface area contributed by atoms with Crippen LogP contribution in [0, 0.1) is 6.92 Å². The first kappa shape index (κ1) is 18.0. The van der Waals surface area contributed by atoms with E-state index in [4.69, 9.17) is 4.74 Å². The molecule has 0 spiro atoms. The lowest BCUT2D eigenvalue weighted by Crippen LogP contribution is -2.25. The van der Waals surface area contributed by atoms with Crippen LogP contribution in [-0.4, -0.2) is 23.5 Å². The average Bonchev–Trinajstić information content (AvgIpc) is 3.04. The van der Waals surface area contributed by atoms with Crippen molar-refractivity contribution in [2.45, 2.75) is 26.3 Å². The summed E-state index contributed by atoms with van der Waals surface area (Å²) in [5.41, 5.74) is 4.34. The van der Waals surface area contributed by atoms with Crippen LogP contribution in [0.25, 0.3) is 0 Å². The van der Waals surface area contributed by atoms with Gasteiger partial charge in [-0.1, -0.05) is 35.9 Å². The lowest BCUT2D eigenvalue weighted by Gasteiger charge is -2.24. The lowest BCUT2D eigenvalue weighted by molar-refractivity contribution is -0.118. The Hall–Kier alpha value is -3.34. The number of carbonyl (C=O) groups is 1. The molecular formula is C23H23N3O2. The molecule has 4 rings (SSSR count). The number of fused-ring (bicyclic) bond motifs is 1. The van der Waals surface area contributed by atoms with E-state index in [0.717, 1.165) is 17.8 Å².